The SMILES string of the molecule is CCOc1ccc(NC(=NC)NCc2ccc(N3CCCCCC3)nc2)cc1OC.I. The summed E-state index contributed by atoms with van der Waals surface area (Å²) in [7, 11) is 3.39. The zero-order chi connectivity index (χ0) is 21.2. The third-order valence-electron chi connectivity index (χ3n) is 5.15. The molecule has 0 spiro atoms. The number of guanidine groups is 1. The fourth-order valence-electron chi connectivity index (χ4n) is 3.53. The van der Waals surface area contributed by atoms with Gasteiger partial charge in [0.25, 0.3) is 0 Å². The Bertz CT molecular complexity index is 821. The van der Waals surface area contributed by atoms with Crippen molar-refractivity contribution in [3.05, 3.63) is 42.1 Å². The van der Waals surface area contributed by atoms with E-state index in [1.807, 2.05) is 31.3 Å². The molecule has 3 rings (SSSR count). The van der Waals surface area contributed by atoms with E-state index in [4.69, 9.17) is 9.47 Å². The van der Waals surface area contributed by atoms with Crippen LogP contribution >= 0.6 is 24.0 Å². The molecule has 7 nitrogen and oxygen atoms in total. The van der Waals surface area contributed by atoms with Crippen molar-refractivity contribution >= 4 is 41.4 Å². The van der Waals surface area contributed by atoms with E-state index in [9.17, 15) is 0 Å². The van der Waals surface area contributed by atoms with Gasteiger partial charge in [-0.2, -0.15) is 0 Å². The second-order valence-corrected chi connectivity index (χ2v) is 7.28. The first-order valence-electron chi connectivity index (χ1n) is 10.7. The Morgan fingerprint density at radius 1 is 1.10 bits per heavy atom. The second-order valence-electron chi connectivity index (χ2n) is 7.28. The zero-order valence-electron chi connectivity index (χ0n) is 18.7. The molecule has 1 fully saturated rings. The smallest absolute Gasteiger partial charge is 0.195 e. The number of nitrogens with one attached hydrogen (secondary N) is 2. The van der Waals surface area contributed by atoms with Crippen molar-refractivity contribution in [2.24, 2.45) is 4.99 Å². The van der Waals surface area contributed by atoms with Crippen LogP contribution in [0.1, 0.15) is 38.2 Å². The Labute approximate surface area is 202 Å². The number of ether oxygens (including phenoxy) is 2. The van der Waals surface area contributed by atoms with Crippen molar-refractivity contribution < 1.29 is 9.47 Å². The van der Waals surface area contributed by atoms with Gasteiger partial charge in [0.2, 0.25) is 0 Å². The van der Waals surface area contributed by atoms with Crippen molar-refractivity contribution in [2.45, 2.75) is 39.2 Å². The average molecular weight is 539 g/mol. The lowest BCUT2D eigenvalue weighted by molar-refractivity contribution is 0.311. The molecule has 1 aliphatic heterocycles. The number of benzene rings is 1. The van der Waals surface area contributed by atoms with Gasteiger partial charge in [-0.15, -0.1) is 24.0 Å². The number of halogens is 1. The van der Waals surface area contributed by atoms with E-state index in [0.29, 0.717) is 24.9 Å². The third kappa shape index (κ3) is 7.45. The highest BCUT2D eigenvalue weighted by Gasteiger charge is 2.11. The molecule has 31 heavy (non-hydrogen) atoms. The van der Waals surface area contributed by atoms with Gasteiger partial charge in [0.1, 0.15) is 5.82 Å². The predicted molar refractivity (Wildman–Crippen MR) is 138 cm³/mol. The van der Waals surface area contributed by atoms with Crippen LogP contribution in [0.5, 0.6) is 11.5 Å². The van der Waals surface area contributed by atoms with Crippen LogP contribution in [0.4, 0.5) is 11.5 Å². The maximum Gasteiger partial charge on any atom is 0.195 e. The molecule has 2 N–H and O–H groups in total. The summed E-state index contributed by atoms with van der Waals surface area (Å²) < 4.78 is 11.0. The van der Waals surface area contributed by atoms with Crippen LogP contribution in [0.15, 0.2) is 41.5 Å². The van der Waals surface area contributed by atoms with Gasteiger partial charge in [-0.05, 0) is 43.5 Å². The maximum atomic E-state index is 5.57. The Hall–Kier alpha value is -2.23. The molecule has 0 radical (unpaired) electrons. The molecule has 8 heteroatoms. The lowest BCUT2D eigenvalue weighted by atomic mass is 10.2. The summed E-state index contributed by atoms with van der Waals surface area (Å²) >= 11 is 0. The van der Waals surface area contributed by atoms with Gasteiger partial charge in [-0.25, -0.2) is 4.98 Å². The Morgan fingerprint density at radius 2 is 1.87 bits per heavy atom. The van der Waals surface area contributed by atoms with E-state index >= 15 is 0 Å². The molecule has 2 aromatic rings. The first-order valence-corrected chi connectivity index (χ1v) is 10.7. The molecule has 0 atom stereocenters. The Kier molecular flexibility index (Phi) is 10.7. The molecule has 1 saturated heterocycles. The van der Waals surface area contributed by atoms with Gasteiger partial charge >= 0.3 is 0 Å². The van der Waals surface area contributed by atoms with Gasteiger partial charge in [0.05, 0.1) is 13.7 Å². The lowest BCUT2D eigenvalue weighted by Crippen LogP contribution is -2.30. The summed E-state index contributed by atoms with van der Waals surface area (Å²) in [5.74, 6) is 3.16. The fourth-order valence-corrected chi connectivity index (χ4v) is 3.53. The van der Waals surface area contributed by atoms with Gasteiger partial charge in [0, 0.05) is 44.6 Å². The number of rotatable bonds is 7. The number of aliphatic imine (C=N–C) groups is 1. The largest absolute Gasteiger partial charge is 0.493 e. The molecule has 0 bridgehead atoms. The van der Waals surface area contributed by atoms with Crippen LogP contribution in [-0.2, 0) is 6.54 Å². The summed E-state index contributed by atoms with van der Waals surface area (Å²) in [5.41, 5.74) is 1.99. The molecule has 1 aliphatic rings. The summed E-state index contributed by atoms with van der Waals surface area (Å²) in [6.07, 6.45) is 7.10. The molecule has 2 heterocycles. The van der Waals surface area contributed by atoms with Crippen LogP contribution in [0, 0.1) is 0 Å². The van der Waals surface area contributed by atoms with Crippen LogP contribution in [0.25, 0.3) is 0 Å². The Morgan fingerprint density at radius 3 is 2.48 bits per heavy atom. The minimum absolute atomic E-state index is 0. The number of pyridine rings is 1. The number of methoxy groups -OCH3 is 1. The van der Waals surface area contributed by atoms with Crippen molar-refractivity contribution in [2.75, 3.05) is 44.1 Å². The van der Waals surface area contributed by atoms with Crippen molar-refractivity contribution in [1.29, 1.82) is 0 Å². The molecular formula is C23H34IN5O2. The minimum Gasteiger partial charge on any atom is -0.493 e. The molecule has 0 aliphatic carbocycles. The van der Waals surface area contributed by atoms with E-state index < -0.39 is 0 Å². The monoisotopic (exact) mass is 539 g/mol. The topological polar surface area (TPSA) is 71.0 Å². The fraction of sp³-hybridized carbons (Fsp3) is 0.478. The number of hydrogen-bond acceptors (Lipinski definition) is 5. The highest BCUT2D eigenvalue weighted by molar-refractivity contribution is 14.0. The zero-order valence-corrected chi connectivity index (χ0v) is 21.0. The van der Waals surface area contributed by atoms with Crippen molar-refractivity contribution in [3.8, 4) is 11.5 Å². The van der Waals surface area contributed by atoms with Gasteiger partial charge in [0.15, 0.2) is 17.5 Å². The molecule has 1 aromatic carbocycles. The molecule has 1 aromatic heterocycles. The van der Waals surface area contributed by atoms with E-state index in [1.54, 1.807) is 14.2 Å². The first kappa shape index (κ1) is 25.0. The minimum atomic E-state index is 0. The summed E-state index contributed by atoms with van der Waals surface area (Å²) in [6, 6.07) is 9.99. The Balaban J connectivity index is 0.00000341. The maximum absolute atomic E-state index is 5.57. The quantitative estimate of drug-likeness (QED) is 0.303. The van der Waals surface area contributed by atoms with E-state index in [0.717, 1.165) is 35.9 Å². The average Bonchev–Trinajstić information content (AvgIpc) is 3.07. The number of anilines is 2. The van der Waals surface area contributed by atoms with E-state index in [-0.39, 0.29) is 24.0 Å². The predicted octanol–water partition coefficient (Wildman–Crippen LogP) is 4.67. The molecule has 0 unspecified atom stereocenters. The number of aromatic nitrogens is 1. The first-order chi connectivity index (χ1) is 14.7. The summed E-state index contributed by atoms with van der Waals surface area (Å²) in [4.78, 5) is 11.4. The summed E-state index contributed by atoms with van der Waals surface area (Å²) in [5, 5.41) is 6.62. The third-order valence-corrected chi connectivity index (χ3v) is 5.15. The molecule has 0 amide bonds. The second kappa shape index (κ2) is 13.2. The van der Waals surface area contributed by atoms with E-state index in [2.05, 4.69) is 37.6 Å². The standard InChI is InChI=1S/C23H33N5O2.HI/c1-4-30-20-11-10-19(15-21(20)29-3)27-23(24-2)26-17-18-9-12-22(25-16-18)28-13-7-5-6-8-14-28;/h9-12,15-16H,4-8,13-14,17H2,1-3H3,(H2,24,26,27);1H. The highest BCUT2D eigenvalue weighted by Crippen LogP contribution is 2.30. The number of nitrogens with zero attached hydrogens (tertiary/aromatic N) is 3. The van der Waals surface area contributed by atoms with Gasteiger partial charge in [-0.1, -0.05) is 18.9 Å². The van der Waals surface area contributed by atoms with Crippen LogP contribution < -0.4 is 25.0 Å². The van der Waals surface area contributed by atoms with Crippen LogP contribution in [-0.4, -0.2) is 44.8 Å². The molecule has 170 valence electrons. The van der Waals surface area contributed by atoms with E-state index in [1.165, 1.54) is 25.7 Å². The van der Waals surface area contributed by atoms with Gasteiger partial charge in [-0.3, -0.25) is 4.99 Å². The van der Waals surface area contributed by atoms with Crippen LogP contribution in [0.3, 0.4) is 0 Å². The highest BCUT2D eigenvalue weighted by atomic mass is 127. The van der Waals surface area contributed by atoms with Gasteiger partial charge < -0.3 is 25.0 Å². The summed E-state index contributed by atoms with van der Waals surface area (Å²) in [6.45, 7) is 5.39. The molecular weight excluding hydrogens is 505 g/mol. The lowest BCUT2D eigenvalue weighted by Gasteiger charge is -2.21. The number of hydrogen-bond donors (Lipinski definition) is 2. The molecule has 0 saturated carbocycles. The van der Waals surface area contributed by atoms with Crippen molar-refractivity contribution in [1.82, 2.24) is 10.3 Å². The van der Waals surface area contributed by atoms with Crippen molar-refractivity contribution in [3.63, 3.8) is 0 Å². The normalized spacial score (nSPS) is 14.3. The van der Waals surface area contributed by atoms with Crippen LogP contribution in [0.2, 0.25) is 0 Å².